The first-order chi connectivity index (χ1) is 17.6. The summed E-state index contributed by atoms with van der Waals surface area (Å²) in [5.74, 6) is 1.51. The molecule has 4 nitrogen and oxygen atoms in total. The molecule has 190 valence electrons. The van der Waals surface area contributed by atoms with E-state index in [2.05, 4.69) is 26.5 Å². The summed E-state index contributed by atoms with van der Waals surface area (Å²) >= 11 is 0. The highest BCUT2D eigenvalue weighted by atomic mass is 19.1. The van der Waals surface area contributed by atoms with Gasteiger partial charge in [0.1, 0.15) is 5.82 Å². The van der Waals surface area contributed by atoms with Crippen molar-refractivity contribution in [2.24, 2.45) is 24.8 Å². The van der Waals surface area contributed by atoms with Crippen LogP contribution in [0.3, 0.4) is 0 Å². The first-order valence-electron chi connectivity index (χ1n) is 13.9. The van der Waals surface area contributed by atoms with Crippen LogP contribution >= 0.6 is 0 Å². The smallest absolute Gasteiger partial charge is 0.256 e. The van der Waals surface area contributed by atoms with E-state index in [4.69, 9.17) is 0 Å². The molecular weight excluding hydrogens is 449 g/mol. The lowest BCUT2D eigenvalue weighted by atomic mass is 9.76. The van der Waals surface area contributed by atoms with Crippen LogP contribution in [0.5, 0.6) is 0 Å². The number of aryl methyl sites for hydroxylation is 1. The number of benzene rings is 2. The molecule has 0 radical (unpaired) electrons. The summed E-state index contributed by atoms with van der Waals surface area (Å²) in [5, 5.41) is 1.11. The van der Waals surface area contributed by atoms with Gasteiger partial charge in [0.15, 0.2) is 0 Å². The van der Waals surface area contributed by atoms with Crippen molar-refractivity contribution in [3.63, 3.8) is 0 Å². The lowest BCUT2D eigenvalue weighted by molar-refractivity contribution is 0.0756. The second kappa shape index (κ2) is 10.0. The van der Waals surface area contributed by atoms with Crippen LogP contribution in [0.1, 0.15) is 66.9 Å². The van der Waals surface area contributed by atoms with Gasteiger partial charge in [-0.25, -0.2) is 4.39 Å². The summed E-state index contributed by atoms with van der Waals surface area (Å²) in [6.45, 7) is 3.79. The highest BCUT2D eigenvalue weighted by Gasteiger charge is 2.46. The monoisotopic (exact) mass is 487 g/mol. The van der Waals surface area contributed by atoms with Gasteiger partial charge in [-0.1, -0.05) is 56.4 Å². The molecule has 2 aliphatic heterocycles. The van der Waals surface area contributed by atoms with Crippen LogP contribution in [0.15, 0.2) is 54.7 Å². The van der Waals surface area contributed by atoms with Crippen LogP contribution in [0, 0.1) is 23.6 Å². The third-order valence-corrected chi connectivity index (χ3v) is 9.23. The van der Waals surface area contributed by atoms with Crippen LogP contribution in [-0.4, -0.2) is 46.5 Å². The highest BCUT2D eigenvalue weighted by Crippen LogP contribution is 2.47. The Balaban J connectivity index is 1.37. The van der Waals surface area contributed by atoms with Gasteiger partial charge in [0, 0.05) is 43.7 Å². The van der Waals surface area contributed by atoms with Gasteiger partial charge >= 0.3 is 0 Å². The van der Waals surface area contributed by atoms with E-state index in [0.29, 0.717) is 17.8 Å². The van der Waals surface area contributed by atoms with Gasteiger partial charge in [-0.2, -0.15) is 0 Å². The molecule has 3 atom stereocenters. The van der Waals surface area contributed by atoms with Gasteiger partial charge in [-0.3, -0.25) is 9.69 Å². The molecule has 3 heterocycles. The SMILES string of the molecule is Cn1ccc2cccc(C(=O)N3CC(C4CCCC4)C(C(c4ccc(F)cc4)N4CCCCC4)C3)c21. The minimum absolute atomic E-state index is 0.157. The minimum Gasteiger partial charge on any atom is -0.350 e. The van der Waals surface area contributed by atoms with E-state index >= 15 is 0 Å². The summed E-state index contributed by atoms with van der Waals surface area (Å²) in [4.78, 5) is 18.8. The molecule has 6 rings (SSSR count). The largest absolute Gasteiger partial charge is 0.350 e. The second-order valence-electron chi connectivity index (χ2n) is 11.3. The quantitative estimate of drug-likeness (QED) is 0.415. The molecule has 5 heteroatoms. The summed E-state index contributed by atoms with van der Waals surface area (Å²) < 4.78 is 16.0. The molecular formula is C31H38FN3O. The Bertz CT molecular complexity index is 1210. The second-order valence-corrected chi connectivity index (χ2v) is 11.3. The molecule has 0 bridgehead atoms. The van der Waals surface area contributed by atoms with Crippen molar-refractivity contribution in [1.29, 1.82) is 0 Å². The van der Waals surface area contributed by atoms with E-state index < -0.39 is 0 Å². The third-order valence-electron chi connectivity index (χ3n) is 9.23. The topological polar surface area (TPSA) is 28.5 Å². The first-order valence-corrected chi connectivity index (χ1v) is 13.9. The maximum atomic E-state index is 14.0. The number of carbonyl (C=O) groups is 1. The van der Waals surface area contributed by atoms with Crippen molar-refractivity contribution in [2.45, 2.75) is 51.0 Å². The fourth-order valence-electron chi connectivity index (χ4n) is 7.52. The van der Waals surface area contributed by atoms with Gasteiger partial charge in [-0.15, -0.1) is 0 Å². The number of fused-ring (bicyclic) bond motifs is 1. The van der Waals surface area contributed by atoms with Crippen LogP contribution in [0.25, 0.3) is 10.9 Å². The van der Waals surface area contributed by atoms with Gasteiger partial charge in [0.2, 0.25) is 0 Å². The number of nitrogens with zero attached hydrogens (tertiary/aromatic N) is 3. The van der Waals surface area contributed by atoms with E-state index in [9.17, 15) is 9.18 Å². The van der Waals surface area contributed by atoms with Crippen molar-refractivity contribution in [3.05, 3.63) is 71.7 Å². The number of piperidine rings is 1. The molecule has 0 N–H and O–H groups in total. The van der Waals surface area contributed by atoms with Crippen molar-refractivity contribution >= 4 is 16.8 Å². The maximum absolute atomic E-state index is 14.0. The van der Waals surface area contributed by atoms with E-state index in [1.807, 2.05) is 37.5 Å². The molecule has 2 aromatic carbocycles. The van der Waals surface area contributed by atoms with Crippen LogP contribution < -0.4 is 0 Å². The molecule has 3 aliphatic rings. The van der Waals surface area contributed by atoms with E-state index in [-0.39, 0.29) is 17.8 Å². The number of likely N-dealkylation sites (tertiary alicyclic amines) is 2. The zero-order valence-corrected chi connectivity index (χ0v) is 21.4. The van der Waals surface area contributed by atoms with Gasteiger partial charge in [0.05, 0.1) is 11.1 Å². The third kappa shape index (κ3) is 4.36. The molecule has 3 unspecified atom stereocenters. The molecule has 1 amide bonds. The molecule has 3 fully saturated rings. The Hall–Kier alpha value is -2.66. The zero-order valence-electron chi connectivity index (χ0n) is 21.4. The van der Waals surface area contributed by atoms with E-state index in [1.165, 1.54) is 50.5 Å². The minimum atomic E-state index is -0.178. The van der Waals surface area contributed by atoms with Crippen molar-refractivity contribution in [1.82, 2.24) is 14.4 Å². The van der Waals surface area contributed by atoms with Gasteiger partial charge in [-0.05, 0) is 67.6 Å². The van der Waals surface area contributed by atoms with Crippen LogP contribution in [0.2, 0.25) is 0 Å². The first kappa shape index (κ1) is 23.7. The number of hydrogen-bond acceptors (Lipinski definition) is 2. The van der Waals surface area contributed by atoms with Gasteiger partial charge in [0.25, 0.3) is 5.91 Å². The van der Waals surface area contributed by atoms with Crippen molar-refractivity contribution in [3.8, 4) is 0 Å². The highest BCUT2D eigenvalue weighted by molar-refractivity contribution is 6.06. The lowest BCUT2D eigenvalue weighted by Crippen LogP contribution is -2.41. The van der Waals surface area contributed by atoms with E-state index in [0.717, 1.165) is 42.6 Å². The number of halogens is 1. The van der Waals surface area contributed by atoms with Crippen molar-refractivity contribution in [2.75, 3.05) is 26.2 Å². The fraction of sp³-hybridized carbons (Fsp3) is 0.516. The molecule has 1 aliphatic carbocycles. The van der Waals surface area contributed by atoms with Crippen molar-refractivity contribution < 1.29 is 9.18 Å². The molecule has 36 heavy (non-hydrogen) atoms. The summed E-state index contributed by atoms with van der Waals surface area (Å²) in [5.41, 5.74) is 3.04. The molecule has 2 saturated heterocycles. The Kier molecular flexibility index (Phi) is 6.59. The summed E-state index contributed by atoms with van der Waals surface area (Å²) in [6, 6.07) is 15.6. The average Bonchev–Trinajstić information content (AvgIpc) is 3.66. The standard InChI is InChI=1S/C31H38FN3O/c1-33-19-16-23-10-7-11-26(29(23)33)31(36)35-20-27(22-8-3-4-9-22)28(21-35)30(34-17-5-2-6-18-34)24-12-14-25(32)15-13-24/h7,10-16,19,22,27-28,30H,2-6,8-9,17-18,20-21H2,1H3. The number of amides is 1. The predicted molar refractivity (Wildman–Crippen MR) is 142 cm³/mol. The Morgan fingerprint density at radius 1 is 0.917 bits per heavy atom. The fourth-order valence-corrected chi connectivity index (χ4v) is 7.52. The van der Waals surface area contributed by atoms with Crippen LogP contribution in [-0.2, 0) is 7.05 Å². The molecule has 1 saturated carbocycles. The number of carbonyl (C=O) groups excluding carboxylic acids is 1. The van der Waals surface area contributed by atoms with E-state index in [1.54, 1.807) is 12.1 Å². The van der Waals surface area contributed by atoms with Gasteiger partial charge < -0.3 is 9.47 Å². The zero-order chi connectivity index (χ0) is 24.6. The number of para-hydroxylation sites is 1. The molecule has 1 aromatic heterocycles. The average molecular weight is 488 g/mol. The number of aromatic nitrogens is 1. The lowest BCUT2D eigenvalue weighted by Gasteiger charge is -2.41. The summed E-state index contributed by atoms with van der Waals surface area (Å²) in [7, 11) is 2.02. The Morgan fingerprint density at radius 3 is 2.42 bits per heavy atom. The number of rotatable bonds is 5. The number of hydrogen-bond donors (Lipinski definition) is 0. The Morgan fingerprint density at radius 2 is 1.67 bits per heavy atom. The molecule has 3 aromatic rings. The molecule has 0 spiro atoms. The van der Waals surface area contributed by atoms with Crippen LogP contribution in [0.4, 0.5) is 4.39 Å². The maximum Gasteiger partial charge on any atom is 0.256 e. The normalized spacial score (nSPS) is 24.6. The summed E-state index contributed by atoms with van der Waals surface area (Å²) in [6.07, 6.45) is 10.9. The Labute approximate surface area is 214 Å². The predicted octanol–water partition coefficient (Wildman–Crippen LogP) is 6.42.